The van der Waals surface area contributed by atoms with Gasteiger partial charge in [0.05, 0.1) is 5.56 Å². The van der Waals surface area contributed by atoms with E-state index >= 15 is 0 Å². The van der Waals surface area contributed by atoms with Crippen LogP contribution in [-0.2, 0) is 6.54 Å². The molecule has 1 saturated heterocycles. The predicted octanol–water partition coefficient (Wildman–Crippen LogP) is 3.41. The molecule has 2 aromatic rings. The first-order valence-corrected chi connectivity index (χ1v) is 8.00. The Morgan fingerprint density at radius 1 is 1.41 bits per heavy atom. The van der Waals surface area contributed by atoms with Gasteiger partial charge in [-0.2, -0.15) is 0 Å². The molecule has 3 rings (SSSR count). The number of carboxylic acids is 1. The van der Waals surface area contributed by atoms with Crippen LogP contribution in [0.1, 0.15) is 42.1 Å². The second kappa shape index (κ2) is 5.76. The molecular formula is C18H24N2O2. The Kier molecular flexibility index (Phi) is 3.96. The van der Waals surface area contributed by atoms with Crippen LogP contribution in [-0.4, -0.2) is 40.7 Å². The first-order valence-electron chi connectivity index (χ1n) is 8.00. The molecule has 4 heteroatoms. The molecule has 2 heterocycles. The van der Waals surface area contributed by atoms with Gasteiger partial charge in [-0.15, -0.1) is 0 Å². The highest BCUT2D eigenvalue weighted by atomic mass is 16.4. The minimum absolute atomic E-state index is 0.368. The number of aromatic carboxylic acids is 1. The number of hydrogen-bond acceptors (Lipinski definition) is 2. The maximum atomic E-state index is 11.2. The molecule has 1 aromatic carbocycles. The van der Waals surface area contributed by atoms with E-state index in [2.05, 4.69) is 36.6 Å². The standard InChI is InChI=1S/C18H24N2O2/c1-12(2)16-11-20(10-13-6-7-19(3)9-13)17-5-4-14(18(21)22)8-15(16)17/h4-5,8,11-13H,6-7,9-10H2,1-3H3,(H,21,22). The lowest BCUT2D eigenvalue weighted by atomic mass is 10.0. The highest BCUT2D eigenvalue weighted by molar-refractivity contribution is 5.95. The van der Waals surface area contributed by atoms with Crippen molar-refractivity contribution >= 4 is 16.9 Å². The molecule has 1 aliphatic heterocycles. The van der Waals surface area contributed by atoms with E-state index in [1.54, 1.807) is 6.07 Å². The van der Waals surface area contributed by atoms with Gasteiger partial charge in [-0.25, -0.2) is 4.79 Å². The van der Waals surface area contributed by atoms with E-state index in [1.807, 2.05) is 12.1 Å². The first-order chi connectivity index (χ1) is 10.5. The van der Waals surface area contributed by atoms with Gasteiger partial charge < -0.3 is 14.6 Å². The van der Waals surface area contributed by atoms with E-state index in [1.165, 1.54) is 18.5 Å². The van der Waals surface area contributed by atoms with Crippen molar-refractivity contribution in [2.75, 3.05) is 20.1 Å². The molecule has 0 aliphatic carbocycles. The number of benzene rings is 1. The summed E-state index contributed by atoms with van der Waals surface area (Å²) >= 11 is 0. The summed E-state index contributed by atoms with van der Waals surface area (Å²) in [5.41, 5.74) is 2.76. The van der Waals surface area contributed by atoms with Gasteiger partial charge in [0.2, 0.25) is 0 Å². The van der Waals surface area contributed by atoms with Crippen molar-refractivity contribution in [3.63, 3.8) is 0 Å². The summed E-state index contributed by atoms with van der Waals surface area (Å²) < 4.78 is 2.32. The number of carbonyl (C=O) groups is 1. The van der Waals surface area contributed by atoms with Crippen LogP contribution in [0.15, 0.2) is 24.4 Å². The van der Waals surface area contributed by atoms with Crippen LogP contribution in [0.2, 0.25) is 0 Å². The molecule has 0 amide bonds. The van der Waals surface area contributed by atoms with E-state index in [4.69, 9.17) is 0 Å². The molecule has 118 valence electrons. The van der Waals surface area contributed by atoms with E-state index in [-0.39, 0.29) is 0 Å². The number of hydrogen-bond donors (Lipinski definition) is 1. The zero-order valence-electron chi connectivity index (χ0n) is 13.5. The highest BCUT2D eigenvalue weighted by Crippen LogP contribution is 2.30. The molecule has 0 bridgehead atoms. The van der Waals surface area contributed by atoms with E-state index in [0.29, 0.717) is 17.4 Å². The van der Waals surface area contributed by atoms with Crippen molar-refractivity contribution in [1.82, 2.24) is 9.47 Å². The molecule has 0 radical (unpaired) electrons. The lowest BCUT2D eigenvalue weighted by molar-refractivity contribution is 0.0697. The molecule has 1 fully saturated rings. The average Bonchev–Trinajstić information content (AvgIpc) is 3.03. The van der Waals surface area contributed by atoms with Crippen molar-refractivity contribution in [3.8, 4) is 0 Å². The average molecular weight is 300 g/mol. The van der Waals surface area contributed by atoms with Gasteiger partial charge in [-0.3, -0.25) is 0 Å². The molecule has 1 aliphatic rings. The Balaban J connectivity index is 2.01. The Bertz CT molecular complexity index is 702. The van der Waals surface area contributed by atoms with Crippen LogP contribution in [0, 0.1) is 5.92 Å². The summed E-state index contributed by atoms with van der Waals surface area (Å²) in [5, 5.41) is 10.3. The van der Waals surface area contributed by atoms with Crippen LogP contribution in [0.5, 0.6) is 0 Å². The number of likely N-dealkylation sites (tertiary alicyclic amines) is 1. The third kappa shape index (κ3) is 2.75. The zero-order chi connectivity index (χ0) is 15.9. The summed E-state index contributed by atoms with van der Waals surface area (Å²) in [5.74, 6) is 0.209. The Morgan fingerprint density at radius 3 is 2.77 bits per heavy atom. The smallest absolute Gasteiger partial charge is 0.335 e. The quantitative estimate of drug-likeness (QED) is 0.941. The van der Waals surface area contributed by atoms with Gasteiger partial charge in [-0.05, 0) is 55.6 Å². The van der Waals surface area contributed by atoms with Crippen LogP contribution < -0.4 is 0 Å². The summed E-state index contributed by atoms with van der Waals surface area (Å²) in [6.45, 7) is 7.65. The molecule has 1 N–H and O–H groups in total. The molecule has 22 heavy (non-hydrogen) atoms. The number of carboxylic acid groups (broad SMARTS) is 1. The number of rotatable bonds is 4. The lowest BCUT2D eigenvalue weighted by Crippen LogP contribution is -2.16. The second-order valence-corrected chi connectivity index (χ2v) is 6.85. The monoisotopic (exact) mass is 300 g/mol. The van der Waals surface area contributed by atoms with E-state index in [0.717, 1.165) is 24.0 Å². The maximum absolute atomic E-state index is 11.2. The normalized spacial score (nSPS) is 19.4. The molecule has 1 atom stereocenters. The minimum atomic E-state index is -0.859. The van der Waals surface area contributed by atoms with Crippen LogP contribution in [0.4, 0.5) is 0 Å². The highest BCUT2D eigenvalue weighted by Gasteiger charge is 2.21. The van der Waals surface area contributed by atoms with Gasteiger partial charge in [0.25, 0.3) is 0 Å². The van der Waals surface area contributed by atoms with Crippen molar-refractivity contribution in [2.24, 2.45) is 5.92 Å². The summed E-state index contributed by atoms with van der Waals surface area (Å²) in [4.78, 5) is 13.6. The van der Waals surface area contributed by atoms with Crippen molar-refractivity contribution in [3.05, 3.63) is 35.5 Å². The summed E-state index contributed by atoms with van der Waals surface area (Å²) in [6.07, 6.45) is 3.46. The fraction of sp³-hybridized carbons (Fsp3) is 0.500. The van der Waals surface area contributed by atoms with Gasteiger partial charge in [0, 0.05) is 30.2 Å². The number of fused-ring (bicyclic) bond motifs is 1. The van der Waals surface area contributed by atoms with E-state index in [9.17, 15) is 9.90 Å². The fourth-order valence-electron chi connectivity index (χ4n) is 3.52. The summed E-state index contributed by atoms with van der Waals surface area (Å²) in [6, 6.07) is 5.50. The van der Waals surface area contributed by atoms with Crippen molar-refractivity contribution in [2.45, 2.75) is 32.7 Å². The first kappa shape index (κ1) is 15.1. The molecule has 0 spiro atoms. The third-order valence-corrected chi connectivity index (χ3v) is 4.72. The van der Waals surface area contributed by atoms with Gasteiger partial charge >= 0.3 is 5.97 Å². The van der Waals surface area contributed by atoms with Crippen LogP contribution >= 0.6 is 0 Å². The van der Waals surface area contributed by atoms with Crippen molar-refractivity contribution < 1.29 is 9.90 Å². The lowest BCUT2D eigenvalue weighted by Gasteiger charge is -2.12. The SMILES string of the molecule is CC(C)c1cn(CC2CCN(C)C2)c2ccc(C(=O)O)cc12. The maximum Gasteiger partial charge on any atom is 0.335 e. The van der Waals surface area contributed by atoms with Crippen LogP contribution in [0.3, 0.4) is 0 Å². The van der Waals surface area contributed by atoms with Crippen molar-refractivity contribution in [1.29, 1.82) is 0 Å². The molecular weight excluding hydrogens is 276 g/mol. The minimum Gasteiger partial charge on any atom is -0.478 e. The van der Waals surface area contributed by atoms with E-state index < -0.39 is 5.97 Å². The third-order valence-electron chi connectivity index (χ3n) is 4.72. The second-order valence-electron chi connectivity index (χ2n) is 6.85. The fourth-order valence-corrected chi connectivity index (χ4v) is 3.52. The van der Waals surface area contributed by atoms with Gasteiger partial charge in [-0.1, -0.05) is 13.8 Å². The van der Waals surface area contributed by atoms with Gasteiger partial charge in [0.1, 0.15) is 0 Å². The summed E-state index contributed by atoms with van der Waals surface area (Å²) in [7, 11) is 2.17. The zero-order valence-corrected chi connectivity index (χ0v) is 13.5. The largest absolute Gasteiger partial charge is 0.478 e. The molecule has 1 aromatic heterocycles. The molecule has 4 nitrogen and oxygen atoms in total. The topological polar surface area (TPSA) is 45.5 Å². The van der Waals surface area contributed by atoms with Gasteiger partial charge in [0.15, 0.2) is 0 Å². The predicted molar refractivity (Wildman–Crippen MR) is 88.6 cm³/mol. The molecule has 0 saturated carbocycles. The Morgan fingerprint density at radius 2 is 2.18 bits per heavy atom. The molecule has 1 unspecified atom stereocenters. The Hall–Kier alpha value is -1.81. The van der Waals surface area contributed by atoms with Crippen LogP contribution in [0.25, 0.3) is 10.9 Å². The Labute approximate surface area is 131 Å². The number of aromatic nitrogens is 1. The number of nitrogens with zero attached hydrogens (tertiary/aromatic N) is 2.